The molecule has 1 fully saturated rings. The van der Waals surface area contributed by atoms with E-state index >= 15 is 0 Å². The molecule has 4 heteroatoms. The van der Waals surface area contributed by atoms with Gasteiger partial charge in [0.25, 0.3) is 0 Å². The molecule has 0 spiro atoms. The SMILES string of the molecule is CC(C)(C)CC1CNCC(c2ccc(Br)s2)O1. The molecule has 1 aliphatic heterocycles. The van der Waals surface area contributed by atoms with E-state index in [1.54, 1.807) is 11.3 Å². The first-order chi connectivity index (χ1) is 7.94. The third-order valence-corrected chi connectivity index (χ3v) is 4.53. The molecule has 0 amide bonds. The molecule has 0 saturated carbocycles. The van der Waals surface area contributed by atoms with Crippen LogP contribution in [0, 0.1) is 5.41 Å². The summed E-state index contributed by atoms with van der Waals surface area (Å²) in [7, 11) is 0. The van der Waals surface area contributed by atoms with Crippen LogP contribution in [0.15, 0.2) is 15.9 Å². The molecular formula is C13H20BrNOS. The standard InChI is InChI=1S/C13H20BrNOS/c1-13(2,3)6-9-7-15-8-10(16-9)11-4-5-12(14)17-11/h4-5,9-10,15H,6-8H2,1-3H3. The molecule has 1 aromatic heterocycles. The van der Waals surface area contributed by atoms with E-state index in [0.717, 1.165) is 19.5 Å². The average molecular weight is 318 g/mol. The van der Waals surface area contributed by atoms with Crippen LogP contribution in [0.5, 0.6) is 0 Å². The predicted octanol–water partition coefficient (Wildman–Crippen LogP) is 3.98. The summed E-state index contributed by atoms with van der Waals surface area (Å²) in [5, 5.41) is 3.48. The second kappa shape index (κ2) is 5.39. The minimum atomic E-state index is 0.215. The van der Waals surface area contributed by atoms with Gasteiger partial charge in [-0.2, -0.15) is 0 Å². The van der Waals surface area contributed by atoms with Gasteiger partial charge in [0.15, 0.2) is 0 Å². The van der Waals surface area contributed by atoms with Gasteiger partial charge in [0.2, 0.25) is 0 Å². The van der Waals surface area contributed by atoms with E-state index in [2.05, 4.69) is 54.2 Å². The van der Waals surface area contributed by atoms with Gasteiger partial charge in [-0.1, -0.05) is 20.8 Å². The summed E-state index contributed by atoms with van der Waals surface area (Å²) in [5.41, 5.74) is 0.324. The Balaban J connectivity index is 1.97. The highest BCUT2D eigenvalue weighted by molar-refractivity contribution is 9.11. The fourth-order valence-electron chi connectivity index (χ4n) is 2.18. The zero-order valence-corrected chi connectivity index (χ0v) is 13.0. The second-order valence-electron chi connectivity index (χ2n) is 5.81. The maximum absolute atomic E-state index is 6.19. The number of hydrogen-bond acceptors (Lipinski definition) is 3. The first-order valence-electron chi connectivity index (χ1n) is 6.05. The maximum atomic E-state index is 6.19. The van der Waals surface area contributed by atoms with E-state index in [0.29, 0.717) is 11.5 Å². The largest absolute Gasteiger partial charge is 0.367 e. The Morgan fingerprint density at radius 1 is 1.41 bits per heavy atom. The summed E-state index contributed by atoms with van der Waals surface area (Å²) in [6.45, 7) is 8.69. The zero-order chi connectivity index (χ0) is 12.5. The molecule has 2 unspecified atom stereocenters. The molecule has 2 nitrogen and oxygen atoms in total. The van der Waals surface area contributed by atoms with Gasteiger partial charge in [-0.3, -0.25) is 0 Å². The Labute approximate surface area is 116 Å². The summed E-state index contributed by atoms with van der Waals surface area (Å²) >= 11 is 5.27. The summed E-state index contributed by atoms with van der Waals surface area (Å²) < 4.78 is 7.36. The molecule has 96 valence electrons. The Morgan fingerprint density at radius 3 is 2.76 bits per heavy atom. The van der Waals surface area contributed by atoms with Crippen molar-refractivity contribution in [1.29, 1.82) is 0 Å². The average Bonchev–Trinajstić information content (AvgIpc) is 2.63. The second-order valence-corrected chi connectivity index (χ2v) is 8.31. The highest BCUT2D eigenvalue weighted by Crippen LogP contribution is 2.33. The molecule has 1 aliphatic rings. The monoisotopic (exact) mass is 317 g/mol. The van der Waals surface area contributed by atoms with Crippen LogP contribution in [-0.4, -0.2) is 19.2 Å². The van der Waals surface area contributed by atoms with Crippen LogP contribution in [0.3, 0.4) is 0 Å². The lowest BCUT2D eigenvalue weighted by Gasteiger charge is -2.34. The quantitative estimate of drug-likeness (QED) is 0.891. The number of rotatable bonds is 2. The summed E-state index contributed by atoms with van der Waals surface area (Å²) in [5.74, 6) is 0. The molecule has 2 rings (SSSR count). The van der Waals surface area contributed by atoms with E-state index in [1.807, 2.05) is 0 Å². The molecule has 2 atom stereocenters. The third-order valence-electron chi connectivity index (χ3n) is 2.81. The van der Waals surface area contributed by atoms with E-state index in [9.17, 15) is 0 Å². The highest BCUT2D eigenvalue weighted by Gasteiger charge is 2.27. The molecule has 0 radical (unpaired) electrons. The van der Waals surface area contributed by atoms with Crippen molar-refractivity contribution in [2.45, 2.75) is 39.4 Å². The summed E-state index contributed by atoms with van der Waals surface area (Å²) in [6.07, 6.45) is 1.64. The van der Waals surface area contributed by atoms with Gasteiger partial charge >= 0.3 is 0 Å². The van der Waals surface area contributed by atoms with Crippen molar-refractivity contribution in [3.05, 3.63) is 20.8 Å². The Hall–Kier alpha value is 0.1000. The first-order valence-corrected chi connectivity index (χ1v) is 7.66. The predicted molar refractivity (Wildman–Crippen MR) is 76.6 cm³/mol. The van der Waals surface area contributed by atoms with Gasteiger partial charge in [0, 0.05) is 18.0 Å². The number of nitrogens with one attached hydrogen (secondary N) is 1. The number of morpholine rings is 1. The molecule has 0 bridgehead atoms. The number of hydrogen-bond donors (Lipinski definition) is 1. The van der Waals surface area contributed by atoms with Crippen LogP contribution in [0.1, 0.15) is 38.2 Å². The summed E-state index contributed by atoms with van der Waals surface area (Å²) in [6, 6.07) is 4.25. The fourth-order valence-corrected chi connectivity index (χ4v) is 3.64. The molecule has 17 heavy (non-hydrogen) atoms. The lowest BCUT2D eigenvalue weighted by molar-refractivity contribution is -0.0536. The van der Waals surface area contributed by atoms with Gasteiger partial charge in [0.05, 0.1) is 9.89 Å². The summed E-state index contributed by atoms with van der Waals surface area (Å²) in [4.78, 5) is 1.31. The Kier molecular flexibility index (Phi) is 4.29. The van der Waals surface area contributed by atoms with Crippen molar-refractivity contribution in [3.8, 4) is 0 Å². The van der Waals surface area contributed by atoms with Crippen molar-refractivity contribution >= 4 is 27.3 Å². The Morgan fingerprint density at radius 2 is 2.18 bits per heavy atom. The number of thiophene rings is 1. The van der Waals surface area contributed by atoms with Gasteiger partial charge < -0.3 is 10.1 Å². The van der Waals surface area contributed by atoms with Gasteiger partial charge in [-0.15, -0.1) is 11.3 Å². The van der Waals surface area contributed by atoms with Crippen LogP contribution < -0.4 is 5.32 Å². The molecular weight excluding hydrogens is 298 g/mol. The molecule has 1 N–H and O–H groups in total. The van der Waals surface area contributed by atoms with Gasteiger partial charge in [0.1, 0.15) is 6.10 Å². The molecule has 1 aromatic rings. The molecule has 0 aliphatic carbocycles. The van der Waals surface area contributed by atoms with Crippen LogP contribution in [0.2, 0.25) is 0 Å². The highest BCUT2D eigenvalue weighted by atomic mass is 79.9. The normalized spacial score (nSPS) is 26.1. The van der Waals surface area contributed by atoms with Crippen LogP contribution in [-0.2, 0) is 4.74 Å². The van der Waals surface area contributed by atoms with E-state index in [1.165, 1.54) is 8.66 Å². The van der Waals surface area contributed by atoms with Crippen molar-refractivity contribution < 1.29 is 4.74 Å². The maximum Gasteiger partial charge on any atom is 0.104 e. The van der Waals surface area contributed by atoms with Crippen LogP contribution >= 0.6 is 27.3 Å². The minimum absolute atomic E-state index is 0.215. The van der Waals surface area contributed by atoms with Crippen molar-refractivity contribution in [1.82, 2.24) is 5.32 Å². The lowest BCUT2D eigenvalue weighted by atomic mass is 9.88. The van der Waals surface area contributed by atoms with Crippen molar-refractivity contribution in [2.24, 2.45) is 5.41 Å². The van der Waals surface area contributed by atoms with E-state index in [4.69, 9.17) is 4.74 Å². The lowest BCUT2D eigenvalue weighted by Crippen LogP contribution is -2.41. The van der Waals surface area contributed by atoms with Crippen molar-refractivity contribution in [3.63, 3.8) is 0 Å². The fraction of sp³-hybridized carbons (Fsp3) is 0.692. The topological polar surface area (TPSA) is 21.3 Å². The van der Waals surface area contributed by atoms with Crippen LogP contribution in [0.25, 0.3) is 0 Å². The van der Waals surface area contributed by atoms with E-state index < -0.39 is 0 Å². The van der Waals surface area contributed by atoms with Crippen molar-refractivity contribution in [2.75, 3.05) is 13.1 Å². The van der Waals surface area contributed by atoms with E-state index in [-0.39, 0.29) is 6.10 Å². The van der Waals surface area contributed by atoms with Gasteiger partial charge in [-0.05, 0) is 39.9 Å². The minimum Gasteiger partial charge on any atom is -0.367 e. The van der Waals surface area contributed by atoms with Crippen LogP contribution in [0.4, 0.5) is 0 Å². The molecule has 0 aromatic carbocycles. The molecule has 1 saturated heterocycles. The number of halogens is 1. The molecule has 2 heterocycles. The Bertz CT molecular complexity index is 372. The number of ether oxygens (including phenoxy) is 1. The third kappa shape index (κ3) is 4.05. The van der Waals surface area contributed by atoms with Gasteiger partial charge in [-0.25, -0.2) is 0 Å². The smallest absolute Gasteiger partial charge is 0.104 e. The zero-order valence-electron chi connectivity index (χ0n) is 10.6. The first kappa shape index (κ1) is 13.5.